The summed E-state index contributed by atoms with van der Waals surface area (Å²) in [4.78, 5) is 20.7. The van der Waals surface area contributed by atoms with E-state index in [2.05, 4.69) is 13.0 Å². The van der Waals surface area contributed by atoms with E-state index >= 15 is 0 Å². The fourth-order valence-electron chi connectivity index (χ4n) is 1.70. The van der Waals surface area contributed by atoms with Crippen molar-refractivity contribution in [2.45, 2.75) is 47.0 Å². The standard InChI is InChI=1S/C14H20O2.C2H4O2/c1-4-6-7-12-10-11(3)8-9-13(12)14(15)16-5-2;1-2(3)4/h8-10H,4-7H2,1-3H3;1H3,(H,3,4). The van der Waals surface area contributed by atoms with Gasteiger partial charge >= 0.3 is 5.97 Å². The predicted molar refractivity (Wildman–Crippen MR) is 79.1 cm³/mol. The molecule has 1 aromatic carbocycles. The summed E-state index contributed by atoms with van der Waals surface area (Å²) in [6.45, 7) is 7.54. The summed E-state index contributed by atoms with van der Waals surface area (Å²) < 4.78 is 5.05. The highest BCUT2D eigenvalue weighted by molar-refractivity contribution is 5.91. The van der Waals surface area contributed by atoms with Crippen LogP contribution in [0.3, 0.4) is 0 Å². The van der Waals surface area contributed by atoms with E-state index in [1.807, 2.05) is 26.0 Å². The number of carbonyl (C=O) groups excluding carboxylic acids is 1. The first kappa shape index (κ1) is 18.2. The number of carboxylic acid groups (broad SMARTS) is 1. The van der Waals surface area contributed by atoms with Gasteiger partial charge in [-0.05, 0) is 38.3 Å². The Morgan fingerprint density at radius 1 is 1.25 bits per heavy atom. The Balaban J connectivity index is 0.000000796. The third-order valence-electron chi connectivity index (χ3n) is 2.56. The average Bonchev–Trinajstić information content (AvgIpc) is 2.36. The highest BCUT2D eigenvalue weighted by Gasteiger charge is 2.11. The SMILES string of the molecule is CC(=O)O.CCCCc1cc(C)ccc1C(=O)OCC. The van der Waals surface area contributed by atoms with Crippen LogP contribution in [0.4, 0.5) is 0 Å². The van der Waals surface area contributed by atoms with Crippen molar-refractivity contribution < 1.29 is 19.4 Å². The van der Waals surface area contributed by atoms with Crippen LogP contribution in [0.25, 0.3) is 0 Å². The van der Waals surface area contributed by atoms with Crippen LogP contribution < -0.4 is 0 Å². The third kappa shape index (κ3) is 7.56. The molecule has 20 heavy (non-hydrogen) atoms. The second kappa shape index (κ2) is 10.0. The van der Waals surface area contributed by atoms with Crippen molar-refractivity contribution in [3.63, 3.8) is 0 Å². The first-order valence-electron chi connectivity index (χ1n) is 6.88. The molecule has 0 aliphatic carbocycles. The Hall–Kier alpha value is -1.84. The fourth-order valence-corrected chi connectivity index (χ4v) is 1.70. The van der Waals surface area contributed by atoms with Crippen LogP contribution in [0.1, 0.15) is 55.1 Å². The Kier molecular flexibility index (Phi) is 9.09. The molecule has 0 saturated heterocycles. The number of esters is 1. The van der Waals surface area contributed by atoms with Crippen molar-refractivity contribution in [2.24, 2.45) is 0 Å². The lowest BCUT2D eigenvalue weighted by Crippen LogP contribution is -2.08. The van der Waals surface area contributed by atoms with Gasteiger partial charge in [0.05, 0.1) is 12.2 Å². The first-order valence-corrected chi connectivity index (χ1v) is 6.88. The lowest BCUT2D eigenvalue weighted by atomic mass is 10.00. The maximum absolute atomic E-state index is 11.7. The number of hydrogen-bond acceptors (Lipinski definition) is 3. The summed E-state index contributed by atoms with van der Waals surface area (Å²) in [5, 5.41) is 7.42. The van der Waals surface area contributed by atoms with Crippen LogP contribution in [-0.2, 0) is 16.0 Å². The van der Waals surface area contributed by atoms with Gasteiger partial charge in [-0.3, -0.25) is 4.79 Å². The number of unbranched alkanes of at least 4 members (excludes halogenated alkanes) is 1. The molecule has 0 aliphatic rings. The van der Waals surface area contributed by atoms with E-state index in [-0.39, 0.29) is 5.97 Å². The summed E-state index contributed by atoms with van der Waals surface area (Å²) in [6, 6.07) is 5.92. The molecule has 0 amide bonds. The lowest BCUT2D eigenvalue weighted by Gasteiger charge is -2.09. The molecule has 1 aromatic rings. The minimum absolute atomic E-state index is 0.200. The van der Waals surface area contributed by atoms with Crippen molar-refractivity contribution in [3.05, 3.63) is 34.9 Å². The van der Waals surface area contributed by atoms with Gasteiger partial charge in [0.25, 0.3) is 5.97 Å². The van der Waals surface area contributed by atoms with Gasteiger partial charge in [-0.15, -0.1) is 0 Å². The molecule has 0 atom stereocenters. The molecular formula is C16H24O4. The molecule has 0 saturated carbocycles. The van der Waals surface area contributed by atoms with E-state index in [0.717, 1.165) is 37.3 Å². The summed E-state index contributed by atoms with van der Waals surface area (Å²) in [5.41, 5.74) is 3.03. The van der Waals surface area contributed by atoms with E-state index in [1.165, 1.54) is 5.56 Å². The molecule has 1 N–H and O–H groups in total. The molecule has 0 fully saturated rings. The van der Waals surface area contributed by atoms with E-state index in [9.17, 15) is 4.79 Å². The third-order valence-corrected chi connectivity index (χ3v) is 2.56. The largest absolute Gasteiger partial charge is 0.481 e. The molecule has 0 heterocycles. The van der Waals surface area contributed by atoms with E-state index in [4.69, 9.17) is 14.6 Å². The quantitative estimate of drug-likeness (QED) is 0.837. The Bertz CT molecular complexity index is 434. The normalized spacial score (nSPS) is 9.40. The van der Waals surface area contributed by atoms with Crippen LogP contribution in [-0.4, -0.2) is 23.7 Å². The summed E-state index contributed by atoms with van der Waals surface area (Å²) in [5.74, 6) is -1.03. The van der Waals surface area contributed by atoms with Crippen molar-refractivity contribution in [3.8, 4) is 0 Å². The van der Waals surface area contributed by atoms with Gasteiger partial charge in [0.2, 0.25) is 0 Å². The van der Waals surface area contributed by atoms with Crippen molar-refractivity contribution in [2.75, 3.05) is 6.61 Å². The molecule has 4 nitrogen and oxygen atoms in total. The minimum Gasteiger partial charge on any atom is -0.481 e. The van der Waals surface area contributed by atoms with Crippen LogP contribution >= 0.6 is 0 Å². The summed E-state index contributed by atoms with van der Waals surface area (Å²) in [6.07, 6.45) is 3.19. The zero-order chi connectivity index (χ0) is 15.5. The zero-order valence-corrected chi connectivity index (χ0v) is 12.7. The van der Waals surface area contributed by atoms with Crippen LogP contribution in [0.2, 0.25) is 0 Å². The highest BCUT2D eigenvalue weighted by atomic mass is 16.5. The van der Waals surface area contributed by atoms with Crippen molar-refractivity contribution in [1.29, 1.82) is 0 Å². The van der Waals surface area contributed by atoms with Crippen molar-refractivity contribution >= 4 is 11.9 Å². The number of carboxylic acids is 1. The number of hydrogen-bond donors (Lipinski definition) is 1. The Morgan fingerprint density at radius 2 is 1.85 bits per heavy atom. The molecule has 4 heteroatoms. The molecule has 0 unspecified atom stereocenters. The van der Waals surface area contributed by atoms with Gasteiger partial charge in [-0.1, -0.05) is 31.0 Å². The Labute approximate surface area is 120 Å². The smallest absolute Gasteiger partial charge is 0.338 e. The van der Waals surface area contributed by atoms with Gasteiger partial charge < -0.3 is 9.84 Å². The Morgan fingerprint density at radius 3 is 2.35 bits per heavy atom. The predicted octanol–water partition coefficient (Wildman–Crippen LogP) is 3.61. The molecule has 112 valence electrons. The topological polar surface area (TPSA) is 63.6 Å². The molecular weight excluding hydrogens is 256 g/mol. The van der Waals surface area contributed by atoms with Crippen LogP contribution in [0.5, 0.6) is 0 Å². The number of carbonyl (C=O) groups is 2. The molecule has 1 rings (SSSR count). The fraction of sp³-hybridized carbons (Fsp3) is 0.500. The van der Waals surface area contributed by atoms with Crippen LogP contribution in [0, 0.1) is 6.92 Å². The second-order valence-corrected chi connectivity index (χ2v) is 4.50. The number of rotatable bonds is 5. The number of benzene rings is 1. The first-order chi connectivity index (χ1) is 9.42. The van der Waals surface area contributed by atoms with E-state index in [1.54, 1.807) is 0 Å². The molecule has 0 radical (unpaired) electrons. The number of aryl methyl sites for hydroxylation is 2. The molecule has 0 spiro atoms. The highest BCUT2D eigenvalue weighted by Crippen LogP contribution is 2.15. The van der Waals surface area contributed by atoms with Gasteiger partial charge in [0.1, 0.15) is 0 Å². The summed E-state index contributed by atoms with van der Waals surface area (Å²) >= 11 is 0. The van der Waals surface area contributed by atoms with Gasteiger partial charge in [0, 0.05) is 6.92 Å². The van der Waals surface area contributed by atoms with Crippen LogP contribution in [0.15, 0.2) is 18.2 Å². The maximum Gasteiger partial charge on any atom is 0.338 e. The lowest BCUT2D eigenvalue weighted by molar-refractivity contribution is -0.134. The number of aliphatic carboxylic acids is 1. The second-order valence-electron chi connectivity index (χ2n) is 4.50. The van der Waals surface area contributed by atoms with Crippen molar-refractivity contribution in [1.82, 2.24) is 0 Å². The molecule has 0 bridgehead atoms. The van der Waals surface area contributed by atoms with E-state index < -0.39 is 5.97 Å². The number of ether oxygens (including phenoxy) is 1. The van der Waals surface area contributed by atoms with E-state index in [0.29, 0.717) is 6.61 Å². The minimum atomic E-state index is -0.833. The maximum atomic E-state index is 11.7. The molecule has 0 aliphatic heterocycles. The summed E-state index contributed by atoms with van der Waals surface area (Å²) in [7, 11) is 0. The average molecular weight is 280 g/mol. The van der Waals surface area contributed by atoms with Gasteiger partial charge in [0.15, 0.2) is 0 Å². The zero-order valence-electron chi connectivity index (χ0n) is 12.7. The van der Waals surface area contributed by atoms with Gasteiger partial charge in [-0.25, -0.2) is 4.79 Å². The van der Waals surface area contributed by atoms with Gasteiger partial charge in [-0.2, -0.15) is 0 Å². The molecule has 0 aromatic heterocycles. The monoisotopic (exact) mass is 280 g/mol.